The van der Waals surface area contributed by atoms with Crippen LogP contribution in [0.3, 0.4) is 0 Å². The predicted molar refractivity (Wildman–Crippen MR) is 60.9 cm³/mol. The second kappa shape index (κ2) is 3.90. The molecule has 4 heteroatoms. The Labute approximate surface area is 88.4 Å². The van der Waals surface area contributed by atoms with Gasteiger partial charge in [0.1, 0.15) is 0 Å². The Morgan fingerprint density at radius 2 is 2.33 bits per heavy atom. The van der Waals surface area contributed by atoms with E-state index in [0.29, 0.717) is 6.54 Å². The number of aryl methyl sites for hydroxylation is 1. The van der Waals surface area contributed by atoms with E-state index in [1.165, 1.54) is 0 Å². The molecule has 15 heavy (non-hydrogen) atoms. The molecule has 3 N–H and O–H groups in total. The summed E-state index contributed by atoms with van der Waals surface area (Å²) < 4.78 is 5.21. The molecule has 1 unspecified atom stereocenters. The summed E-state index contributed by atoms with van der Waals surface area (Å²) in [5, 5.41) is 8.12. The minimum Gasteiger partial charge on any atom is -0.365 e. The molecule has 0 amide bonds. The number of aromatic nitrogens is 1. The molecule has 0 bridgehead atoms. The summed E-state index contributed by atoms with van der Waals surface area (Å²) in [6.07, 6.45) is 0. The lowest BCUT2D eigenvalue weighted by molar-refractivity contribution is 0.459. The van der Waals surface area contributed by atoms with Gasteiger partial charge in [-0.15, -0.1) is 0 Å². The Morgan fingerprint density at radius 1 is 1.53 bits per heavy atom. The van der Waals surface area contributed by atoms with Crippen molar-refractivity contribution < 1.29 is 4.52 Å². The first-order chi connectivity index (χ1) is 7.16. The zero-order valence-corrected chi connectivity index (χ0v) is 8.95. The fraction of sp³-hybridized carbons (Fsp3) is 0.364. The molecular weight excluding hydrogens is 190 g/mol. The predicted octanol–water partition coefficient (Wildman–Crippen LogP) is 1.90. The molecule has 0 saturated carbocycles. The maximum Gasteiger partial charge on any atom is 0.177 e. The van der Waals surface area contributed by atoms with Crippen LogP contribution in [0.25, 0.3) is 11.0 Å². The molecular formula is C11H15N3O. The standard InChI is InChI=1S/C11H15N3O/c1-7-3-4-9-10(5-7)15-14-11(9)13-6-8(2)12/h3-5,8H,6,12H2,1-2H3,(H,13,14). The van der Waals surface area contributed by atoms with Gasteiger partial charge in [0.2, 0.25) is 0 Å². The van der Waals surface area contributed by atoms with Gasteiger partial charge in [0, 0.05) is 12.6 Å². The van der Waals surface area contributed by atoms with E-state index in [2.05, 4.69) is 10.5 Å². The van der Waals surface area contributed by atoms with Crippen molar-refractivity contribution in [2.75, 3.05) is 11.9 Å². The fourth-order valence-corrected chi connectivity index (χ4v) is 1.43. The van der Waals surface area contributed by atoms with E-state index in [0.717, 1.165) is 22.4 Å². The van der Waals surface area contributed by atoms with Gasteiger partial charge in [0.25, 0.3) is 0 Å². The second-order valence-electron chi connectivity index (χ2n) is 3.89. The highest BCUT2D eigenvalue weighted by Gasteiger charge is 2.07. The van der Waals surface area contributed by atoms with E-state index in [1.54, 1.807) is 0 Å². The minimum atomic E-state index is 0.0993. The average molecular weight is 205 g/mol. The molecule has 4 nitrogen and oxygen atoms in total. The number of fused-ring (bicyclic) bond motifs is 1. The van der Waals surface area contributed by atoms with Crippen LogP contribution in [0.1, 0.15) is 12.5 Å². The Kier molecular flexibility index (Phi) is 2.60. The van der Waals surface area contributed by atoms with Gasteiger partial charge in [-0.1, -0.05) is 11.2 Å². The monoisotopic (exact) mass is 205 g/mol. The van der Waals surface area contributed by atoms with Crippen LogP contribution in [0.4, 0.5) is 5.82 Å². The van der Waals surface area contributed by atoms with E-state index in [1.807, 2.05) is 32.0 Å². The number of nitrogens with one attached hydrogen (secondary N) is 1. The normalized spacial score (nSPS) is 13.0. The van der Waals surface area contributed by atoms with Crippen LogP contribution < -0.4 is 11.1 Å². The van der Waals surface area contributed by atoms with Crippen molar-refractivity contribution in [2.45, 2.75) is 19.9 Å². The van der Waals surface area contributed by atoms with Crippen molar-refractivity contribution in [3.63, 3.8) is 0 Å². The summed E-state index contributed by atoms with van der Waals surface area (Å²) >= 11 is 0. The summed E-state index contributed by atoms with van der Waals surface area (Å²) in [6.45, 7) is 4.66. The third-order valence-corrected chi connectivity index (χ3v) is 2.22. The summed E-state index contributed by atoms with van der Waals surface area (Å²) in [7, 11) is 0. The smallest absolute Gasteiger partial charge is 0.177 e. The molecule has 0 fully saturated rings. The van der Waals surface area contributed by atoms with E-state index in [4.69, 9.17) is 10.3 Å². The van der Waals surface area contributed by atoms with Crippen molar-refractivity contribution in [1.82, 2.24) is 5.16 Å². The van der Waals surface area contributed by atoms with Crippen molar-refractivity contribution in [2.24, 2.45) is 5.73 Å². The van der Waals surface area contributed by atoms with Gasteiger partial charge in [0.15, 0.2) is 11.4 Å². The van der Waals surface area contributed by atoms with Crippen LogP contribution in [0, 0.1) is 6.92 Å². The maximum absolute atomic E-state index is 5.66. The van der Waals surface area contributed by atoms with Gasteiger partial charge >= 0.3 is 0 Å². The van der Waals surface area contributed by atoms with Crippen molar-refractivity contribution in [3.05, 3.63) is 23.8 Å². The van der Waals surface area contributed by atoms with Gasteiger partial charge in [-0.05, 0) is 31.5 Å². The largest absolute Gasteiger partial charge is 0.365 e. The lowest BCUT2D eigenvalue weighted by atomic mass is 10.2. The van der Waals surface area contributed by atoms with Gasteiger partial charge in [0.05, 0.1) is 5.39 Å². The Balaban J connectivity index is 2.29. The van der Waals surface area contributed by atoms with Crippen LogP contribution in [-0.2, 0) is 0 Å². The second-order valence-corrected chi connectivity index (χ2v) is 3.89. The van der Waals surface area contributed by atoms with Gasteiger partial charge in [-0.25, -0.2) is 0 Å². The Bertz CT molecular complexity index is 462. The van der Waals surface area contributed by atoms with Crippen LogP contribution in [-0.4, -0.2) is 17.7 Å². The number of benzene rings is 1. The molecule has 0 aliphatic heterocycles. The number of rotatable bonds is 3. The SMILES string of the molecule is Cc1ccc2c(NCC(C)N)noc2c1. The zero-order valence-electron chi connectivity index (χ0n) is 8.95. The Hall–Kier alpha value is -1.55. The van der Waals surface area contributed by atoms with E-state index in [-0.39, 0.29) is 6.04 Å². The molecule has 2 aromatic rings. The zero-order chi connectivity index (χ0) is 10.8. The van der Waals surface area contributed by atoms with Crippen LogP contribution in [0.5, 0.6) is 0 Å². The third kappa shape index (κ3) is 2.10. The van der Waals surface area contributed by atoms with E-state index in [9.17, 15) is 0 Å². The van der Waals surface area contributed by atoms with Crippen LogP contribution in [0.15, 0.2) is 22.7 Å². The highest BCUT2D eigenvalue weighted by molar-refractivity contribution is 5.88. The number of anilines is 1. The molecule has 0 aliphatic rings. The molecule has 1 aromatic carbocycles. The molecule has 1 atom stereocenters. The first kappa shape index (κ1) is 9.98. The molecule has 1 heterocycles. The van der Waals surface area contributed by atoms with Gasteiger partial charge in [-0.2, -0.15) is 0 Å². The summed E-state index contributed by atoms with van der Waals surface area (Å²) in [6, 6.07) is 6.11. The van der Waals surface area contributed by atoms with Crippen molar-refractivity contribution in [3.8, 4) is 0 Å². The topological polar surface area (TPSA) is 64.1 Å². The lowest BCUT2D eigenvalue weighted by Crippen LogP contribution is -2.25. The van der Waals surface area contributed by atoms with E-state index < -0.39 is 0 Å². The maximum atomic E-state index is 5.66. The molecule has 0 saturated heterocycles. The van der Waals surface area contributed by atoms with Crippen LogP contribution in [0.2, 0.25) is 0 Å². The fourth-order valence-electron chi connectivity index (χ4n) is 1.43. The highest BCUT2D eigenvalue weighted by atomic mass is 16.5. The number of hydrogen-bond acceptors (Lipinski definition) is 4. The molecule has 0 radical (unpaired) electrons. The summed E-state index contributed by atoms with van der Waals surface area (Å²) in [4.78, 5) is 0. The first-order valence-corrected chi connectivity index (χ1v) is 5.02. The molecule has 2 rings (SSSR count). The summed E-state index contributed by atoms with van der Waals surface area (Å²) in [5.41, 5.74) is 7.63. The molecule has 1 aromatic heterocycles. The number of nitrogens with two attached hydrogens (primary N) is 1. The van der Waals surface area contributed by atoms with Crippen molar-refractivity contribution in [1.29, 1.82) is 0 Å². The number of nitrogens with zero attached hydrogens (tertiary/aromatic N) is 1. The van der Waals surface area contributed by atoms with Gasteiger partial charge < -0.3 is 15.6 Å². The lowest BCUT2D eigenvalue weighted by Gasteiger charge is -2.05. The molecule has 80 valence electrons. The van der Waals surface area contributed by atoms with Crippen LogP contribution >= 0.6 is 0 Å². The van der Waals surface area contributed by atoms with Gasteiger partial charge in [-0.3, -0.25) is 0 Å². The average Bonchev–Trinajstić information content (AvgIpc) is 2.57. The quantitative estimate of drug-likeness (QED) is 0.803. The molecule has 0 spiro atoms. The third-order valence-electron chi connectivity index (χ3n) is 2.22. The Morgan fingerprint density at radius 3 is 3.07 bits per heavy atom. The van der Waals surface area contributed by atoms with Crippen molar-refractivity contribution >= 4 is 16.8 Å². The summed E-state index contributed by atoms with van der Waals surface area (Å²) in [5.74, 6) is 0.766. The number of hydrogen-bond donors (Lipinski definition) is 2. The highest BCUT2D eigenvalue weighted by Crippen LogP contribution is 2.23. The minimum absolute atomic E-state index is 0.0993. The first-order valence-electron chi connectivity index (χ1n) is 5.02. The molecule has 0 aliphatic carbocycles. The van der Waals surface area contributed by atoms with E-state index >= 15 is 0 Å².